The molecule has 0 aliphatic carbocycles. The third-order valence-electron chi connectivity index (χ3n) is 5.28. The number of anilines is 1. The number of fused-ring (bicyclic) bond motifs is 3. The van der Waals surface area contributed by atoms with Crippen LogP contribution in [0.1, 0.15) is 24.2 Å². The molecule has 0 bridgehead atoms. The first-order chi connectivity index (χ1) is 13.6. The van der Waals surface area contributed by atoms with Crippen LogP contribution in [0.4, 0.5) is 5.95 Å². The molecule has 0 amide bonds. The van der Waals surface area contributed by atoms with Gasteiger partial charge in [-0.1, -0.05) is 0 Å². The first kappa shape index (κ1) is 16.9. The Kier molecular flexibility index (Phi) is 3.89. The number of ether oxygens (including phenoxy) is 1. The smallest absolute Gasteiger partial charge is 0.228 e. The van der Waals surface area contributed by atoms with Crippen LogP contribution in [0.3, 0.4) is 0 Å². The van der Waals surface area contributed by atoms with Crippen molar-refractivity contribution in [2.45, 2.75) is 26.7 Å². The highest BCUT2D eigenvalue weighted by atomic mass is 16.5. The standard InChI is InChI=1S/C21H22N6O/c1-13-12-14(2)27-20(22-13)17-18(15-6-8-16(28-3)9-7-15)23-21(24-19(17)25-27)26-10-4-5-11-26/h6-9,12H,4-5,10-11H2,1-3H3. The molecule has 7 heteroatoms. The summed E-state index contributed by atoms with van der Waals surface area (Å²) < 4.78 is 7.18. The molecule has 1 fully saturated rings. The second-order valence-corrected chi connectivity index (χ2v) is 7.27. The van der Waals surface area contributed by atoms with Crippen LogP contribution in [-0.4, -0.2) is 44.8 Å². The summed E-state index contributed by atoms with van der Waals surface area (Å²) in [6.07, 6.45) is 2.34. The highest BCUT2D eigenvalue weighted by Gasteiger charge is 2.22. The number of nitrogens with zero attached hydrogens (tertiary/aromatic N) is 6. The monoisotopic (exact) mass is 374 g/mol. The fourth-order valence-corrected chi connectivity index (χ4v) is 3.89. The molecule has 142 valence electrons. The van der Waals surface area contributed by atoms with Gasteiger partial charge in [-0.15, -0.1) is 5.10 Å². The zero-order chi connectivity index (χ0) is 19.3. The Balaban J connectivity index is 1.82. The number of hydrogen-bond acceptors (Lipinski definition) is 6. The summed E-state index contributed by atoms with van der Waals surface area (Å²) >= 11 is 0. The van der Waals surface area contributed by atoms with E-state index in [1.165, 1.54) is 12.8 Å². The molecular formula is C21H22N6O. The molecule has 5 rings (SSSR count). The van der Waals surface area contributed by atoms with E-state index in [4.69, 9.17) is 24.8 Å². The van der Waals surface area contributed by atoms with Crippen molar-refractivity contribution in [3.8, 4) is 17.0 Å². The molecule has 0 unspecified atom stereocenters. The molecule has 0 saturated carbocycles. The summed E-state index contributed by atoms with van der Waals surface area (Å²) in [7, 11) is 1.67. The SMILES string of the molecule is COc1ccc(-c2nc(N3CCCC3)nc3nn4c(C)cc(C)nc4c23)cc1. The number of benzene rings is 1. The molecule has 1 aliphatic rings. The van der Waals surface area contributed by atoms with Crippen molar-refractivity contribution in [3.63, 3.8) is 0 Å². The van der Waals surface area contributed by atoms with Crippen LogP contribution < -0.4 is 9.64 Å². The molecular weight excluding hydrogens is 352 g/mol. The highest BCUT2D eigenvalue weighted by Crippen LogP contribution is 2.32. The van der Waals surface area contributed by atoms with E-state index in [9.17, 15) is 0 Å². The van der Waals surface area contributed by atoms with Gasteiger partial charge in [-0.3, -0.25) is 0 Å². The van der Waals surface area contributed by atoms with Crippen molar-refractivity contribution in [1.82, 2.24) is 24.6 Å². The van der Waals surface area contributed by atoms with Gasteiger partial charge in [-0.05, 0) is 57.0 Å². The van der Waals surface area contributed by atoms with Gasteiger partial charge in [0.25, 0.3) is 0 Å². The van der Waals surface area contributed by atoms with Crippen LogP contribution in [0.25, 0.3) is 27.9 Å². The Labute approximate surface area is 163 Å². The number of aromatic nitrogens is 5. The lowest BCUT2D eigenvalue weighted by molar-refractivity contribution is 0.415. The average Bonchev–Trinajstić information content (AvgIpc) is 3.36. The zero-order valence-corrected chi connectivity index (χ0v) is 16.3. The summed E-state index contributed by atoms with van der Waals surface area (Å²) in [6, 6.07) is 9.99. The molecule has 4 heterocycles. The normalized spacial score (nSPS) is 14.3. The molecule has 0 atom stereocenters. The van der Waals surface area contributed by atoms with Crippen molar-refractivity contribution in [2.24, 2.45) is 0 Å². The lowest BCUT2D eigenvalue weighted by Gasteiger charge is -2.16. The number of rotatable bonds is 3. The Hall–Kier alpha value is -3.22. The molecule has 1 saturated heterocycles. The van der Waals surface area contributed by atoms with E-state index in [1.54, 1.807) is 7.11 Å². The maximum atomic E-state index is 5.31. The summed E-state index contributed by atoms with van der Waals surface area (Å²) in [5.74, 6) is 1.56. The third-order valence-corrected chi connectivity index (χ3v) is 5.28. The van der Waals surface area contributed by atoms with Gasteiger partial charge in [0.05, 0.1) is 18.2 Å². The zero-order valence-electron chi connectivity index (χ0n) is 16.3. The minimum atomic E-state index is 0.684. The third kappa shape index (κ3) is 2.66. The average molecular weight is 374 g/mol. The van der Waals surface area contributed by atoms with Crippen molar-refractivity contribution < 1.29 is 4.74 Å². The Morgan fingerprint density at radius 3 is 2.43 bits per heavy atom. The van der Waals surface area contributed by atoms with E-state index in [2.05, 4.69) is 4.90 Å². The van der Waals surface area contributed by atoms with Crippen molar-refractivity contribution >= 4 is 22.6 Å². The summed E-state index contributed by atoms with van der Waals surface area (Å²) in [6.45, 7) is 6.00. The van der Waals surface area contributed by atoms with E-state index in [0.717, 1.165) is 58.5 Å². The number of aryl methyl sites for hydroxylation is 2. The van der Waals surface area contributed by atoms with Gasteiger partial charge in [0.2, 0.25) is 5.95 Å². The molecule has 4 aromatic rings. The predicted octanol–water partition coefficient (Wildman–Crippen LogP) is 3.57. The maximum Gasteiger partial charge on any atom is 0.228 e. The fourth-order valence-electron chi connectivity index (χ4n) is 3.89. The van der Waals surface area contributed by atoms with Crippen LogP contribution in [0.2, 0.25) is 0 Å². The lowest BCUT2D eigenvalue weighted by atomic mass is 10.1. The van der Waals surface area contributed by atoms with Gasteiger partial charge in [0.15, 0.2) is 11.3 Å². The second-order valence-electron chi connectivity index (χ2n) is 7.27. The minimum absolute atomic E-state index is 0.684. The maximum absolute atomic E-state index is 5.31. The summed E-state index contributed by atoms with van der Waals surface area (Å²) in [5.41, 5.74) is 5.33. The highest BCUT2D eigenvalue weighted by molar-refractivity contribution is 6.01. The van der Waals surface area contributed by atoms with Crippen LogP contribution in [0.15, 0.2) is 30.3 Å². The molecule has 1 aromatic carbocycles. The van der Waals surface area contributed by atoms with Crippen LogP contribution in [-0.2, 0) is 0 Å². The van der Waals surface area contributed by atoms with E-state index >= 15 is 0 Å². The van der Waals surface area contributed by atoms with Crippen molar-refractivity contribution in [1.29, 1.82) is 0 Å². The van der Waals surface area contributed by atoms with Crippen molar-refractivity contribution in [3.05, 3.63) is 41.7 Å². The number of methoxy groups -OCH3 is 1. The van der Waals surface area contributed by atoms with Crippen LogP contribution in [0.5, 0.6) is 5.75 Å². The van der Waals surface area contributed by atoms with Gasteiger partial charge in [-0.2, -0.15) is 4.98 Å². The lowest BCUT2D eigenvalue weighted by Crippen LogP contribution is -2.20. The summed E-state index contributed by atoms with van der Waals surface area (Å²) in [5, 5.41) is 5.65. The van der Waals surface area contributed by atoms with Gasteiger partial charge in [-0.25, -0.2) is 14.5 Å². The van der Waals surface area contributed by atoms with Gasteiger partial charge in [0, 0.05) is 30.0 Å². The Bertz CT molecular complexity index is 1180. The first-order valence-corrected chi connectivity index (χ1v) is 9.58. The minimum Gasteiger partial charge on any atom is -0.497 e. The first-order valence-electron chi connectivity index (χ1n) is 9.58. The molecule has 7 nitrogen and oxygen atoms in total. The van der Waals surface area contributed by atoms with Crippen LogP contribution >= 0.6 is 0 Å². The molecule has 3 aromatic heterocycles. The van der Waals surface area contributed by atoms with Gasteiger partial charge in [0.1, 0.15) is 5.75 Å². The Morgan fingerprint density at radius 2 is 1.71 bits per heavy atom. The van der Waals surface area contributed by atoms with E-state index in [1.807, 2.05) is 48.7 Å². The molecule has 0 N–H and O–H groups in total. The fraction of sp³-hybridized carbons (Fsp3) is 0.333. The number of hydrogen-bond donors (Lipinski definition) is 0. The molecule has 28 heavy (non-hydrogen) atoms. The Morgan fingerprint density at radius 1 is 0.964 bits per heavy atom. The van der Waals surface area contributed by atoms with E-state index < -0.39 is 0 Å². The van der Waals surface area contributed by atoms with E-state index in [0.29, 0.717) is 5.65 Å². The molecule has 0 spiro atoms. The van der Waals surface area contributed by atoms with Gasteiger partial charge >= 0.3 is 0 Å². The summed E-state index contributed by atoms with van der Waals surface area (Å²) in [4.78, 5) is 16.8. The van der Waals surface area contributed by atoms with Crippen LogP contribution in [0, 0.1) is 13.8 Å². The second kappa shape index (κ2) is 6.44. The van der Waals surface area contributed by atoms with Crippen molar-refractivity contribution in [2.75, 3.05) is 25.1 Å². The largest absolute Gasteiger partial charge is 0.497 e. The quantitative estimate of drug-likeness (QED) is 0.546. The van der Waals surface area contributed by atoms with Gasteiger partial charge < -0.3 is 9.64 Å². The topological polar surface area (TPSA) is 68.4 Å². The molecule has 0 radical (unpaired) electrons. The molecule has 1 aliphatic heterocycles. The predicted molar refractivity (Wildman–Crippen MR) is 109 cm³/mol. The van der Waals surface area contributed by atoms with E-state index in [-0.39, 0.29) is 0 Å².